The number of aromatic nitrogens is 1. The van der Waals surface area contributed by atoms with Gasteiger partial charge in [0.25, 0.3) is 0 Å². The molecular weight excluding hydrogens is 189 g/mol. The van der Waals surface area contributed by atoms with Crippen LogP contribution in [0.2, 0.25) is 0 Å². The van der Waals surface area contributed by atoms with Gasteiger partial charge in [0.15, 0.2) is 0 Å². The van der Waals surface area contributed by atoms with E-state index in [1.807, 2.05) is 0 Å². The summed E-state index contributed by atoms with van der Waals surface area (Å²) in [5, 5.41) is 34.2. The fourth-order valence-corrected chi connectivity index (χ4v) is 0.891. The molecule has 0 aromatic carbocycles. The summed E-state index contributed by atoms with van der Waals surface area (Å²) in [6, 6.07) is 6.78. The number of rotatable bonds is 0. The van der Waals surface area contributed by atoms with E-state index in [9.17, 15) is 0 Å². The van der Waals surface area contributed by atoms with E-state index in [2.05, 4.69) is 4.98 Å². The van der Waals surface area contributed by atoms with E-state index in [0.717, 1.165) is 0 Å². The zero-order chi connectivity index (χ0) is 9.84. The molecule has 0 aliphatic heterocycles. The molecule has 60 valence electrons. The van der Waals surface area contributed by atoms with E-state index in [4.69, 9.17) is 21.0 Å². The standard InChI is InChI=1S/C8HN5.Na.H/c9-1-5-6(2-10)8(4-12)13-7(5)3-11;;/h13H;;. The van der Waals surface area contributed by atoms with Crippen LogP contribution < -0.4 is 0 Å². The van der Waals surface area contributed by atoms with Gasteiger partial charge in [0.2, 0.25) is 0 Å². The summed E-state index contributed by atoms with van der Waals surface area (Å²) in [5.74, 6) is 0. The Balaban J connectivity index is 0.00000169. The minimum atomic E-state index is -0.0680. The molecule has 0 atom stereocenters. The second kappa shape index (κ2) is 5.07. The molecule has 1 rings (SSSR count). The van der Waals surface area contributed by atoms with Crippen molar-refractivity contribution in [2.75, 3.05) is 0 Å². The summed E-state index contributed by atoms with van der Waals surface area (Å²) >= 11 is 0. The molecular formula is C8H2N5Na. The van der Waals surface area contributed by atoms with Crippen LogP contribution in [-0.4, -0.2) is 34.5 Å². The van der Waals surface area contributed by atoms with Crippen molar-refractivity contribution >= 4 is 29.6 Å². The molecule has 0 saturated carbocycles. The van der Waals surface area contributed by atoms with E-state index in [1.165, 1.54) is 0 Å². The number of nitrogens with one attached hydrogen (secondary N) is 1. The van der Waals surface area contributed by atoms with Crippen molar-refractivity contribution in [1.82, 2.24) is 4.98 Å². The molecule has 0 radical (unpaired) electrons. The van der Waals surface area contributed by atoms with Crippen molar-refractivity contribution < 1.29 is 0 Å². The molecule has 1 heterocycles. The van der Waals surface area contributed by atoms with Crippen LogP contribution in [-0.2, 0) is 0 Å². The monoisotopic (exact) mass is 191 g/mol. The van der Waals surface area contributed by atoms with E-state index in [-0.39, 0.29) is 52.1 Å². The van der Waals surface area contributed by atoms with Gasteiger partial charge in [-0.2, -0.15) is 21.0 Å². The zero-order valence-electron chi connectivity index (χ0n) is 6.29. The molecule has 1 aromatic rings. The Hall–Kier alpha value is -1.76. The number of aromatic amines is 1. The first kappa shape index (κ1) is 12.2. The van der Waals surface area contributed by atoms with Gasteiger partial charge >= 0.3 is 29.6 Å². The predicted molar refractivity (Wildman–Crippen MR) is 46.8 cm³/mol. The van der Waals surface area contributed by atoms with E-state index in [0.29, 0.717) is 0 Å². The molecule has 0 spiro atoms. The van der Waals surface area contributed by atoms with Gasteiger partial charge in [-0.05, 0) is 0 Å². The SMILES string of the molecule is N#Cc1[nH]c(C#N)c(C#N)c1C#N.[NaH]. The molecule has 0 aliphatic carbocycles. The third-order valence-corrected chi connectivity index (χ3v) is 1.45. The van der Waals surface area contributed by atoms with Gasteiger partial charge in [-0.15, -0.1) is 0 Å². The number of nitrogens with zero attached hydrogens (tertiary/aromatic N) is 4. The molecule has 0 unspecified atom stereocenters. The van der Waals surface area contributed by atoms with E-state index >= 15 is 0 Å². The minimum absolute atomic E-state index is 0. The van der Waals surface area contributed by atoms with Crippen molar-refractivity contribution in [2.45, 2.75) is 0 Å². The summed E-state index contributed by atoms with van der Waals surface area (Å²) in [6.45, 7) is 0. The second-order valence-electron chi connectivity index (χ2n) is 2.07. The fourth-order valence-electron chi connectivity index (χ4n) is 0.891. The maximum atomic E-state index is 8.59. The molecule has 0 bridgehead atoms. The van der Waals surface area contributed by atoms with Gasteiger partial charge in [-0.25, -0.2) is 0 Å². The van der Waals surface area contributed by atoms with Crippen molar-refractivity contribution in [3.05, 3.63) is 22.5 Å². The number of hydrogen-bond donors (Lipinski definition) is 1. The Morgan fingerprint density at radius 1 is 0.714 bits per heavy atom. The van der Waals surface area contributed by atoms with Crippen molar-refractivity contribution in [2.24, 2.45) is 0 Å². The molecule has 14 heavy (non-hydrogen) atoms. The van der Waals surface area contributed by atoms with E-state index < -0.39 is 0 Å². The average Bonchev–Trinajstić information content (AvgIpc) is 2.54. The summed E-state index contributed by atoms with van der Waals surface area (Å²) in [4.78, 5) is 2.38. The van der Waals surface area contributed by atoms with E-state index in [1.54, 1.807) is 24.3 Å². The van der Waals surface area contributed by atoms with Crippen LogP contribution in [0.3, 0.4) is 0 Å². The third kappa shape index (κ3) is 1.77. The Bertz CT molecular complexity index is 468. The quantitative estimate of drug-likeness (QED) is 0.574. The Labute approximate surface area is 102 Å². The zero-order valence-corrected chi connectivity index (χ0v) is 6.29. The molecule has 1 aromatic heterocycles. The number of H-pyrrole nitrogens is 1. The van der Waals surface area contributed by atoms with Crippen molar-refractivity contribution in [3.63, 3.8) is 0 Å². The molecule has 0 amide bonds. The number of hydrogen-bond acceptors (Lipinski definition) is 4. The molecule has 0 saturated heterocycles. The summed E-state index contributed by atoms with van der Waals surface area (Å²) in [6.07, 6.45) is 0. The van der Waals surface area contributed by atoms with Crippen molar-refractivity contribution in [3.8, 4) is 24.3 Å². The van der Waals surface area contributed by atoms with Gasteiger partial charge in [0.05, 0.1) is 0 Å². The molecule has 1 N–H and O–H groups in total. The fraction of sp³-hybridized carbons (Fsp3) is 0. The van der Waals surface area contributed by atoms with Crippen LogP contribution in [0.5, 0.6) is 0 Å². The van der Waals surface area contributed by atoms with Gasteiger partial charge in [0, 0.05) is 0 Å². The van der Waals surface area contributed by atoms with Crippen LogP contribution >= 0.6 is 0 Å². The summed E-state index contributed by atoms with van der Waals surface area (Å²) < 4.78 is 0. The first-order chi connectivity index (χ1) is 6.28. The van der Waals surface area contributed by atoms with Crippen LogP contribution in [0, 0.1) is 45.3 Å². The van der Waals surface area contributed by atoms with Gasteiger partial charge < -0.3 is 4.98 Å². The van der Waals surface area contributed by atoms with Gasteiger partial charge in [-0.1, -0.05) is 0 Å². The average molecular weight is 191 g/mol. The molecule has 0 aliphatic rings. The maximum absolute atomic E-state index is 8.59. The molecule has 0 fully saturated rings. The summed E-state index contributed by atoms with van der Waals surface area (Å²) in [7, 11) is 0. The van der Waals surface area contributed by atoms with Gasteiger partial charge in [-0.3, -0.25) is 0 Å². The van der Waals surface area contributed by atoms with Crippen LogP contribution in [0.4, 0.5) is 0 Å². The Morgan fingerprint density at radius 3 is 1.29 bits per heavy atom. The van der Waals surface area contributed by atoms with Crippen LogP contribution in [0.15, 0.2) is 0 Å². The second-order valence-corrected chi connectivity index (χ2v) is 2.07. The van der Waals surface area contributed by atoms with Crippen LogP contribution in [0.25, 0.3) is 0 Å². The normalized spacial score (nSPS) is 7.14. The Morgan fingerprint density at radius 2 is 1.07 bits per heavy atom. The number of nitriles is 4. The topological polar surface area (TPSA) is 111 Å². The first-order valence-corrected chi connectivity index (χ1v) is 3.14. The first-order valence-electron chi connectivity index (χ1n) is 3.14. The molecule has 5 nitrogen and oxygen atoms in total. The molecule has 6 heteroatoms. The van der Waals surface area contributed by atoms with Crippen molar-refractivity contribution in [1.29, 1.82) is 21.0 Å². The summed E-state index contributed by atoms with van der Waals surface area (Å²) in [5.41, 5.74) is -0.227. The predicted octanol–water partition coefficient (Wildman–Crippen LogP) is -0.147. The van der Waals surface area contributed by atoms with Gasteiger partial charge in [0.1, 0.15) is 46.8 Å². The van der Waals surface area contributed by atoms with Crippen LogP contribution in [0.1, 0.15) is 22.5 Å². The third-order valence-electron chi connectivity index (χ3n) is 1.45. The Kier molecular flexibility index (Phi) is 4.44.